The number of benzene rings is 1. The van der Waals surface area contributed by atoms with Crippen LogP contribution in [0.1, 0.15) is 21.6 Å². The number of amides is 1. The first-order valence-electron chi connectivity index (χ1n) is 5.75. The Morgan fingerprint density at radius 3 is 2.42 bits per heavy atom. The molecule has 0 bridgehead atoms. The Morgan fingerprint density at radius 2 is 1.84 bits per heavy atom. The molecule has 0 atom stereocenters. The third-order valence-corrected chi connectivity index (χ3v) is 3.21. The number of halogens is 1. The van der Waals surface area contributed by atoms with Gasteiger partial charge in [-0.15, -0.1) is 0 Å². The SMILES string of the molecule is Cc1cc(Br)cc(C)c1NC(=O)c1cccc(=O)[nH]1. The number of hydrogen-bond donors (Lipinski definition) is 2. The van der Waals surface area contributed by atoms with E-state index in [2.05, 4.69) is 26.2 Å². The summed E-state index contributed by atoms with van der Waals surface area (Å²) in [5.74, 6) is -0.328. The molecule has 2 aromatic rings. The van der Waals surface area contributed by atoms with Crippen LogP contribution in [0.25, 0.3) is 0 Å². The van der Waals surface area contributed by atoms with Gasteiger partial charge in [-0.1, -0.05) is 22.0 Å². The minimum absolute atomic E-state index is 0.245. The van der Waals surface area contributed by atoms with Crippen molar-refractivity contribution in [1.29, 1.82) is 0 Å². The minimum atomic E-state index is -0.328. The Bertz CT molecular complexity index is 669. The second kappa shape index (κ2) is 5.40. The van der Waals surface area contributed by atoms with E-state index in [1.165, 1.54) is 6.07 Å². The van der Waals surface area contributed by atoms with Crippen LogP contribution in [0.15, 0.2) is 39.6 Å². The van der Waals surface area contributed by atoms with Crippen molar-refractivity contribution in [3.8, 4) is 0 Å². The monoisotopic (exact) mass is 320 g/mol. The van der Waals surface area contributed by atoms with Gasteiger partial charge in [0, 0.05) is 16.2 Å². The fourth-order valence-electron chi connectivity index (χ4n) is 1.87. The highest BCUT2D eigenvalue weighted by atomic mass is 79.9. The summed E-state index contributed by atoms with van der Waals surface area (Å²) in [6.07, 6.45) is 0. The van der Waals surface area contributed by atoms with E-state index in [4.69, 9.17) is 0 Å². The molecule has 2 rings (SSSR count). The molecular formula is C14H13BrN2O2. The summed E-state index contributed by atoms with van der Waals surface area (Å²) in [4.78, 5) is 25.7. The number of aromatic nitrogens is 1. The van der Waals surface area contributed by atoms with Gasteiger partial charge < -0.3 is 10.3 Å². The number of pyridine rings is 1. The van der Waals surface area contributed by atoms with E-state index in [9.17, 15) is 9.59 Å². The largest absolute Gasteiger partial charge is 0.320 e. The molecule has 0 saturated heterocycles. The molecule has 0 aliphatic carbocycles. The molecule has 1 amide bonds. The molecule has 19 heavy (non-hydrogen) atoms. The molecule has 0 spiro atoms. The van der Waals surface area contributed by atoms with Gasteiger partial charge in [0.15, 0.2) is 0 Å². The van der Waals surface area contributed by atoms with Gasteiger partial charge in [-0.05, 0) is 43.2 Å². The Labute approximate surface area is 119 Å². The number of nitrogens with one attached hydrogen (secondary N) is 2. The van der Waals surface area contributed by atoms with Crippen LogP contribution in [0.2, 0.25) is 0 Å². The Balaban J connectivity index is 2.32. The van der Waals surface area contributed by atoms with E-state index in [0.717, 1.165) is 21.3 Å². The van der Waals surface area contributed by atoms with Gasteiger partial charge in [0.1, 0.15) is 5.69 Å². The molecule has 0 unspecified atom stereocenters. The van der Waals surface area contributed by atoms with Crippen LogP contribution in [-0.2, 0) is 0 Å². The van der Waals surface area contributed by atoms with Gasteiger partial charge in [-0.3, -0.25) is 9.59 Å². The van der Waals surface area contributed by atoms with Gasteiger partial charge >= 0.3 is 0 Å². The predicted molar refractivity (Wildman–Crippen MR) is 78.6 cm³/mol. The zero-order chi connectivity index (χ0) is 14.0. The summed E-state index contributed by atoms with van der Waals surface area (Å²) in [5, 5.41) is 2.82. The average molecular weight is 321 g/mol. The number of hydrogen-bond acceptors (Lipinski definition) is 2. The third kappa shape index (κ3) is 3.12. The smallest absolute Gasteiger partial charge is 0.272 e. The number of H-pyrrole nitrogens is 1. The molecule has 0 radical (unpaired) electrons. The molecule has 4 nitrogen and oxygen atoms in total. The highest BCUT2D eigenvalue weighted by Crippen LogP contribution is 2.25. The molecule has 2 N–H and O–H groups in total. The number of aromatic amines is 1. The molecule has 0 fully saturated rings. The lowest BCUT2D eigenvalue weighted by molar-refractivity contribution is 0.102. The summed E-state index contributed by atoms with van der Waals surface area (Å²) in [7, 11) is 0. The fourth-order valence-corrected chi connectivity index (χ4v) is 2.56. The standard InChI is InChI=1S/C14H13BrN2O2/c1-8-6-10(15)7-9(2)13(8)17-14(19)11-4-3-5-12(18)16-11/h3-7H,1-2H3,(H,16,18)(H,17,19). The van der Waals surface area contributed by atoms with Gasteiger partial charge in [-0.2, -0.15) is 0 Å². The van der Waals surface area contributed by atoms with Crippen molar-refractivity contribution in [3.63, 3.8) is 0 Å². The van der Waals surface area contributed by atoms with Crippen LogP contribution >= 0.6 is 15.9 Å². The minimum Gasteiger partial charge on any atom is -0.320 e. The number of carbonyl (C=O) groups excluding carboxylic acids is 1. The number of aryl methyl sites for hydroxylation is 2. The first-order valence-corrected chi connectivity index (χ1v) is 6.54. The highest BCUT2D eigenvalue weighted by molar-refractivity contribution is 9.10. The second-order valence-electron chi connectivity index (χ2n) is 4.30. The summed E-state index contributed by atoms with van der Waals surface area (Å²) in [5.41, 5.74) is 2.63. The molecule has 0 aliphatic rings. The first-order chi connectivity index (χ1) is 8.97. The molecule has 1 aromatic carbocycles. The zero-order valence-electron chi connectivity index (χ0n) is 10.6. The maximum absolute atomic E-state index is 12.1. The Hall–Kier alpha value is -1.88. The maximum atomic E-state index is 12.1. The van der Waals surface area contributed by atoms with Crippen LogP contribution < -0.4 is 10.9 Å². The lowest BCUT2D eigenvalue weighted by Crippen LogP contribution is -2.18. The summed E-state index contributed by atoms with van der Waals surface area (Å²) in [6.45, 7) is 3.84. The number of carbonyl (C=O) groups is 1. The van der Waals surface area contributed by atoms with Crippen molar-refractivity contribution < 1.29 is 4.79 Å². The van der Waals surface area contributed by atoms with Crippen molar-refractivity contribution in [3.05, 3.63) is 62.0 Å². The molecule has 0 saturated carbocycles. The van der Waals surface area contributed by atoms with Crippen molar-refractivity contribution in [1.82, 2.24) is 4.98 Å². The van der Waals surface area contributed by atoms with Gasteiger partial charge in [0.25, 0.3) is 5.91 Å². The first kappa shape index (κ1) is 13.5. The third-order valence-electron chi connectivity index (χ3n) is 2.75. The summed E-state index contributed by atoms with van der Waals surface area (Å²) in [6, 6.07) is 8.34. The molecule has 98 valence electrons. The van der Waals surface area contributed by atoms with Crippen LogP contribution in [0.4, 0.5) is 5.69 Å². The quantitative estimate of drug-likeness (QED) is 0.893. The summed E-state index contributed by atoms with van der Waals surface area (Å²) < 4.78 is 0.966. The highest BCUT2D eigenvalue weighted by Gasteiger charge is 2.10. The van der Waals surface area contributed by atoms with E-state index < -0.39 is 0 Å². The molecule has 5 heteroatoms. The van der Waals surface area contributed by atoms with Crippen LogP contribution in [0, 0.1) is 13.8 Å². The lowest BCUT2D eigenvalue weighted by Gasteiger charge is -2.12. The van der Waals surface area contributed by atoms with Crippen molar-refractivity contribution in [2.45, 2.75) is 13.8 Å². The normalized spacial score (nSPS) is 10.3. The van der Waals surface area contributed by atoms with E-state index >= 15 is 0 Å². The van der Waals surface area contributed by atoms with Crippen molar-refractivity contribution in [2.75, 3.05) is 5.32 Å². The van der Waals surface area contributed by atoms with Crippen molar-refractivity contribution in [2.24, 2.45) is 0 Å². The van der Waals surface area contributed by atoms with Gasteiger partial charge in [0.2, 0.25) is 5.56 Å². The number of anilines is 1. The number of rotatable bonds is 2. The van der Waals surface area contributed by atoms with Gasteiger partial charge in [0.05, 0.1) is 0 Å². The lowest BCUT2D eigenvalue weighted by atomic mass is 10.1. The average Bonchev–Trinajstić information content (AvgIpc) is 2.33. The Morgan fingerprint density at radius 1 is 1.21 bits per heavy atom. The topological polar surface area (TPSA) is 62.0 Å². The van der Waals surface area contributed by atoms with Crippen molar-refractivity contribution >= 4 is 27.5 Å². The molecule has 1 aromatic heterocycles. The molecule has 0 aliphatic heterocycles. The maximum Gasteiger partial charge on any atom is 0.272 e. The molecular weight excluding hydrogens is 308 g/mol. The van der Waals surface area contributed by atoms with Crippen LogP contribution in [-0.4, -0.2) is 10.9 Å². The van der Waals surface area contributed by atoms with E-state index in [0.29, 0.717) is 0 Å². The van der Waals surface area contributed by atoms with E-state index in [1.54, 1.807) is 12.1 Å². The fraction of sp³-hybridized carbons (Fsp3) is 0.143. The van der Waals surface area contributed by atoms with Crippen LogP contribution in [0.5, 0.6) is 0 Å². The van der Waals surface area contributed by atoms with E-state index in [1.807, 2.05) is 26.0 Å². The predicted octanol–water partition coefficient (Wildman–Crippen LogP) is 3.01. The van der Waals surface area contributed by atoms with Crippen LogP contribution in [0.3, 0.4) is 0 Å². The molecule has 1 heterocycles. The zero-order valence-corrected chi connectivity index (χ0v) is 12.2. The summed E-state index contributed by atoms with van der Waals surface area (Å²) >= 11 is 3.41. The van der Waals surface area contributed by atoms with E-state index in [-0.39, 0.29) is 17.2 Å². The van der Waals surface area contributed by atoms with Gasteiger partial charge in [-0.25, -0.2) is 0 Å². The Kier molecular flexibility index (Phi) is 3.85. The second-order valence-corrected chi connectivity index (χ2v) is 5.21.